The highest BCUT2D eigenvalue weighted by Gasteiger charge is 2.48. The average molecular weight is 473 g/mol. The van der Waals surface area contributed by atoms with Crippen molar-refractivity contribution in [2.24, 2.45) is 0 Å². The summed E-state index contributed by atoms with van der Waals surface area (Å²) >= 11 is 0. The quantitative estimate of drug-likeness (QED) is 0.196. The number of phosphoric ester groups is 1. The number of nitrogens with zero attached hydrogens (tertiary/aromatic N) is 2. The lowest BCUT2D eigenvalue weighted by Crippen LogP contribution is -2.43. The van der Waals surface area contributed by atoms with Crippen molar-refractivity contribution in [2.45, 2.75) is 24.5 Å². The Morgan fingerprint density at radius 3 is 2.53 bits per heavy atom. The van der Waals surface area contributed by atoms with Crippen molar-refractivity contribution >= 4 is 33.1 Å². The van der Waals surface area contributed by atoms with Crippen LogP contribution in [-0.4, -0.2) is 68.0 Å². The van der Waals surface area contributed by atoms with E-state index in [9.17, 15) is 23.9 Å². The first-order valence-electron chi connectivity index (χ1n) is 7.96. The second kappa shape index (κ2) is 9.11. The number of nitrogen functional groups attached to an aromatic ring is 2. The van der Waals surface area contributed by atoms with Crippen LogP contribution in [-0.2, 0) is 27.4 Å². The van der Waals surface area contributed by atoms with E-state index in [1.807, 2.05) is 0 Å². The van der Waals surface area contributed by atoms with Gasteiger partial charge in [-0.2, -0.15) is 9.29 Å². The number of nitrogens with one attached hydrogen (secondary N) is 1. The Kier molecular flexibility index (Phi) is 7.42. The van der Waals surface area contributed by atoms with Gasteiger partial charge in [-0.15, -0.1) is 0 Å². The van der Waals surface area contributed by atoms with E-state index in [2.05, 4.69) is 25.4 Å². The Hall–Kier alpha value is -1.84. The van der Waals surface area contributed by atoms with Crippen LogP contribution < -0.4 is 21.9 Å². The first kappa shape index (κ1) is 24.4. The number of aromatic nitrogens is 2. The summed E-state index contributed by atoms with van der Waals surface area (Å²) in [5.41, 5.74) is 10.1. The molecule has 170 valence electrons. The van der Waals surface area contributed by atoms with Crippen LogP contribution in [0, 0.1) is 0 Å². The number of phosphoric acid groups is 2. The molecule has 0 aliphatic carbocycles. The van der Waals surface area contributed by atoms with E-state index in [4.69, 9.17) is 30.7 Å². The Bertz CT molecular complexity index is 936. The summed E-state index contributed by atoms with van der Waals surface area (Å²) in [6.07, 6.45) is -3.98. The average Bonchev–Trinajstić information content (AvgIpc) is 2.91. The lowest BCUT2D eigenvalue weighted by molar-refractivity contribution is -0.0346. The fourth-order valence-electron chi connectivity index (χ4n) is 2.70. The molecule has 3 unspecified atom stereocenters. The molecular formula is C12H21N5O11P2. The molecule has 0 radical (unpaired) electrons. The van der Waals surface area contributed by atoms with Gasteiger partial charge in [-0.05, 0) is 0 Å². The molecule has 30 heavy (non-hydrogen) atoms. The SMILES string of the molecule is C=CN(c1nc(N)[nH]c(=O)c1N)[C@@H]1O[C@H](COP(=O)(O)OP(=O)(O)O)C(OC)C1O. The molecule has 2 rings (SSSR count). The Morgan fingerprint density at radius 2 is 2.00 bits per heavy atom. The maximum absolute atomic E-state index is 11.8. The summed E-state index contributed by atoms with van der Waals surface area (Å²) in [6.45, 7) is 2.77. The number of hydrogen-bond acceptors (Lipinski definition) is 12. The zero-order chi connectivity index (χ0) is 22.9. The van der Waals surface area contributed by atoms with E-state index in [0.717, 1.165) is 11.1 Å². The van der Waals surface area contributed by atoms with Crippen molar-refractivity contribution < 1.29 is 47.2 Å². The minimum atomic E-state index is -5.32. The predicted octanol–water partition coefficient (Wildman–Crippen LogP) is -1.79. The molecule has 5 atom stereocenters. The Morgan fingerprint density at radius 1 is 1.37 bits per heavy atom. The molecule has 2 heterocycles. The number of rotatable bonds is 9. The van der Waals surface area contributed by atoms with Crippen LogP contribution in [0.15, 0.2) is 17.6 Å². The van der Waals surface area contributed by atoms with Gasteiger partial charge in [-0.25, -0.2) is 9.13 Å². The number of aromatic amines is 1. The highest BCUT2D eigenvalue weighted by atomic mass is 31.3. The number of aliphatic hydroxyl groups is 1. The van der Waals surface area contributed by atoms with Crippen molar-refractivity contribution in [1.82, 2.24) is 9.97 Å². The molecule has 0 amide bonds. The summed E-state index contributed by atoms with van der Waals surface area (Å²) in [4.78, 5) is 45.7. The molecule has 0 spiro atoms. The molecule has 1 fully saturated rings. The number of anilines is 3. The van der Waals surface area contributed by atoms with Crippen LogP contribution in [0.1, 0.15) is 0 Å². The van der Waals surface area contributed by atoms with Gasteiger partial charge in [-0.3, -0.25) is 14.3 Å². The zero-order valence-corrected chi connectivity index (χ0v) is 17.2. The van der Waals surface area contributed by atoms with Crippen molar-refractivity contribution in [1.29, 1.82) is 0 Å². The molecule has 9 N–H and O–H groups in total. The molecular weight excluding hydrogens is 452 g/mol. The number of hydrogen-bond donors (Lipinski definition) is 7. The summed E-state index contributed by atoms with van der Waals surface area (Å²) in [5.74, 6) is -0.466. The molecule has 1 aromatic rings. The number of aliphatic hydroxyl groups excluding tert-OH is 1. The highest BCUT2D eigenvalue weighted by molar-refractivity contribution is 7.60. The third-order valence-corrected chi connectivity index (χ3v) is 6.01. The molecule has 0 saturated carbocycles. The molecule has 0 bridgehead atoms. The molecule has 18 heteroatoms. The summed E-state index contributed by atoms with van der Waals surface area (Å²) in [6, 6.07) is 0. The Balaban J connectivity index is 2.25. The standard InChI is InChI=1S/C12H21N5O11P2/c1-3-17(9-6(13)10(19)16-12(14)15-9)11-7(18)8(25-2)5(27-11)4-26-30(23,24)28-29(20,21)22/h3,5,7-8,11,18H,1,4,13H2,2H3,(H,23,24)(H2,20,21,22)(H3,14,15,16,19)/t5-,7?,8?,11-/m1/s1. The van der Waals surface area contributed by atoms with Gasteiger partial charge in [0.2, 0.25) is 5.95 Å². The van der Waals surface area contributed by atoms with E-state index in [0.29, 0.717) is 0 Å². The maximum atomic E-state index is 11.8. The van der Waals surface area contributed by atoms with Crippen LogP contribution in [0.5, 0.6) is 0 Å². The maximum Gasteiger partial charge on any atom is 0.481 e. The number of H-pyrrole nitrogens is 1. The number of ether oxygens (including phenoxy) is 2. The zero-order valence-electron chi connectivity index (χ0n) is 15.4. The van der Waals surface area contributed by atoms with Gasteiger partial charge in [0.25, 0.3) is 5.56 Å². The molecule has 1 aliphatic heterocycles. The van der Waals surface area contributed by atoms with Gasteiger partial charge in [0.1, 0.15) is 24.0 Å². The highest BCUT2D eigenvalue weighted by Crippen LogP contribution is 2.57. The molecule has 1 aliphatic rings. The van der Waals surface area contributed by atoms with E-state index in [1.54, 1.807) is 0 Å². The first-order chi connectivity index (χ1) is 13.8. The van der Waals surface area contributed by atoms with Gasteiger partial charge in [0, 0.05) is 13.3 Å². The van der Waals surface area contributed by atoms with Crippen LogP contribution in [0.3, 0.4) is 0 Å². The second-order valence-electron chi connectivity index (χ2n) is 5.87. The topological polar surface area (TPSA) is 253 Å². The van der Waals surface area contributed by atoms with Crippen molar-refractivity contribution in [2.75, 3.05) is 30.1 Å². The largest absolute Gasteiger partial charge is 0.481 e. The molecule has 0 aromatic carbocycles. The Labute approximate surface area is 168 Å². The van der Waals surface area contributed by atoms with E-state index in [-0.39, 0.29) is 17.5 Å². The van der Waals surface area contributed by atoms with E-state index < -0.39 is 52.4 Å². The van der Waals surface area contributed by atoms with Crippen LogP contribution in [0.2, 0.25) is 0 Å². The fraction of sp³-hybridized carbons (Fsp3) is 0.500. The molecule has 16 nitrogen and oxygen atoms in total. The first-order valence-corrected chi connectivity index (χ1v) is 11.0. The van der Waals surface area contributed by atoms with Gasteiger partial charge in [0.15, 0.2) is 12.0 Å². The van der Waals surface area contributed by atoms with Crippen LogP contribution in [0.4, 0.5) is 17.5 Å². The van der Waals surface area contributed by atoms with Gasteiger partial charge in [0.05, 0.1) is 6.61 Å². The monoisotopic (exact) mass is 473 g/mol. The summed E-state index contributed by atoms with van der Waals surface area (Å²) < 4.78 is 41.2. The van der Waals surface area contributed by atoms with Crippen molar-refractivity contribution in [3.05, 3.63) is 23.1 Å². The van der Waals surface area contributed by atoms with Crippen LogP contribution >= 0.6 is 15.6 Å². The fourth-order valence-corrected chi connectivity index (χ4v) is 4.29. The van der Waals surface area contributed by atoms with Crippen molar-refractivity contribution in [3.63, 3.8) is 0 Å². The van der Waals surface area contributed by atoms with Gasteiger partial charge in [-0.1, -0.05) is 6.58 Å². The number of nitrogens with two attached hydrogens (primary N) is 2. The number of methoxy groups -OCH3 is 1. The third-order valence-electron chi connectivity index (χ3n) is 3.86. The predicted molar refractivity (Wildman–Crippen MR) is 101 cm³/mol. The third kappa shape index (κ3) is 5.65. The lowest BCUT2D eigenvalue weighted by Gasteiger charge is -2.28. The minimum absolute atomic E-state index is 0.190. The lowest BCUT2D eigenvalue weighted by atomic mass is 10.1. The minimum Gasteiger partial charge on any atom is -0.391 e. The molecule has 1 aromatic heterocycles. The van der Waals surface area contributed by atoms with Crippen molar-refractivity contribution in [3.8, 4) is 0 Å². The molecule has 1 saturated heterocycles. The normalized spacial score (nSPS) is 26.3. The van der Waals surface area contributed by atoms with E-state index >= 15 is 0 Å². The summed E-state index contributed by atoms with van der Waals surface area (Å²) in [7, 11) is -9.28. The van der Waals surface area contributed by atoms with E-state index in [1.165, 1.54) is 7.11 Å². The summed E-state index contributed by atoms with van der Waals surface area (Å²) in [5, 5.41) is 10.6. The smallest absolute Gasteiger partial charge is 0.391 e. The second-order valence-corrected chi connectivity index (χ2v) is 8.70. The van der Waals surface area contributed by atoms with Gasteiger partial charge < -0.3 is 45.6 Å². The van der Waals surface area contributed by atoms with Gasteiger partial charge >= 0.3 is 15.6 Å². The van der Waals surface area contributed by atoms with Crippen LogP contribution in [0.25, 0.3) is 0 Å².